The van der Waals surface area contributed by atoms with Crippen molar-refractivity contribution in [1.82, 2.24) is 24.5 Å². The van der Waals surface area contributed by atoms with E-state index in [0.29, 0.717) is 29.3 Å². The van der Waals surface area contributed by atoms with Crippen molar-refractivity contribution in [2.75, 3.05) is 24.8 Å². The summed E-state index contributed by atoms with van der Waals surface area (Å²) in [5, 5.41) is 13.2. The lowest BCUT2D eigenvalue weighted by Crippen LogP contribution is -2.37. The van der Waals surface area contributed by atoms with Crippen molar-refractivity contribution in [2.45, 2.75) is 43.6 Å². The lowest BCUT2D eigenvalue weighted by atomic mass is 9.89. The first-order chi connectivity index (χ1) is 15.5. The lowest BCUT2D eigenvalue weighted by molar-refractivity contribution is 0.00522. The molecule has 0 aliphatic heterocycles. The first kappa shape index (κ1) is 20.4. The minimum atomic E-state index is -1.01. The molecule has 2 aliphatic rings. The molecule has 1 amide bonds. The molecule has 11 heteroatoms. The van der Waals surface area contributed by atoms with Gasteiger partial charge in [-0.2, -0.15) is 0 Å². The molecule has 0 bridgehead atoms. The topological polar surface area (TPSA) is 115 Å². The zero-order valence-electron chi connectivity index (χ0n) is 17.7. The van der Waals surface area contributed by atoms with E-state index in [9.17, 15) is 14.0 Å². The molecule has 3 heterocycles. The average molecular weight is 441 g/mol. The Bertz CT molecular complexity index is 1230. The molecule has 5 rings (SSSR count). The second-order valence-corrected chi connectivity index (χ2v) is 8.15. The number of fused-ring (bicyclic) bond motifs is 1. The van der Waals surface area contributed by atoms with Gasteiger partial charge in [0.2, 0.25) is 0 Å². The number of imidazole rings is 1. The van der Waals surface area contributed by atoms with Crippen molar-refractivity contribution < 1.29 is 13.9 Å². The third-order valence-electron chi connectivity index (χ3n) is 6.03. The van der Waals surface area contributed by atoms with E-state index in [1.165, 1.54) is 10.7 Å². The first-order valence-electron chi connectivity index (χ1n) is 10.5. The zero-order chi connectivity index (χ0) is 22.4. The number of alkyl halides is 1. The van der Waals surface area contributed by atoms with E-state index in [1.54, 1.807) is 43.1 Å². The number of rotatable bonds is 7. The normalized spacial score (nSPS) is 24.1. The van der Waals surface area contributed by atoms with Gasteiger partial charge >= 0.3 is 0 Å². The maximum absolute atomic E-state index is 13.2. The Morgan fingerprint density at radius 3 is 2.75 bits per heavy atom. The Kier molecular flexibility index (Phi) is 5.04. The van der Waals surface area contributed by atoms with Gasteiger partial charge in [-0.25, -0.2) is 13.9 Å². The number of nitrogens with one attached hydrogen (secondary N) is 3. The van der Waals surface area contributed by atoms with Gasteiger partial charge in [-0.1, -0.05) is 0 Å². The van der Waals surface area contributed by atoms with Crippen LogP contribution in [0.4, 0.5) is 21.6 Å². The van der Waals surface area contributed by atoms with Crippen LogP contribution in [0.2, 0.25) is 0 Å². The molecule has 3 aromatic heterocycles. The van der Waals surface area contributed by atoms with Crippen LogP contribution in [0.1, 0.15) is 35.8 Å². The van der Waals surface area contributed by atoms with Gasteiger partial charge < -0.3 is 25.3 Å². The van der Waals surface area contributed by atoms with Crippen LogP contribution < -0.4 is 21.5 Å². The summed E-state index contributed by atoms with van der Waals surface area (Å²) in [5.74, 6) is -0.0870. The predicted molar refractivity (Wildman–Crippen MR) is 116 cm³/mol. The molecular formula is C21H24FN7O3. The van der Waals surface area contributed by atoms with Crippen LogP contribution in [0.25, 0.3) is 5.65 Å². The van der Waals surface area contributed by atoms with Crippen LogP contribution in [0.15, 0.2) is 35.4 Å². The SMILES string of the molecule is CNc1cc(Nc2cccn(C3CC(OC)C3)c2=O)nn2c(C(=O)N[C@@H]3C[C@@H]3F)cnc12. The highest BCUT2D eigenvalue weighted by atomic mass is 19.1. The number of anilines is 3. The van der Waals surface area contributed by atoms with Gasteiger partial charge in [0, 0.05) is 38.9 Å². The number of pyridine rings is 1. The third-order valence-corrected chi connectivity index (χ3v) is 6.03. The van der Waals surface area contributed by atoms with Gasteiger partial charge in [-0.15, -0.1) is 5.10 Å². The summed E-state index contributed by atoms with van der Waals surface area (Å²) in [6, 6.07) is 4.84. The Labute approximate surface area is 182 Å². The van der Waals surface area contributed by atoms with Crippen LogP contribution in [-0.2, 0) is 4.74 Å². The van der Waals surface area contributed by atoms with Gasteiger partial charge in [-0.05, 0) is 25.0 Å². The molecule has 2 aliphatic carbocycles. The number of carbonyl (C=O) groups is 1. The van der Waals surface area contributed by atoms with Gasteiger partial charge in [0.25, 0.3) is 11.5 Å². The summed E-state index contributed by atoms with van der Waals surface area (Å²) in [7, 11) is 3.40. The number of methoxy groups -OCH3 is 1. The van der Waals surface area contributed by atoms with Crippen LogP contribution in [0, 0.1) is 0 Å². The lowest BCUT2D eigenvalue weighted by Gasteiger charge is -2.35. The Morgan fingerprint density at radius 1 is 1.28 bits per heavy atom. The summed E-state index contributed by atoms with van der Waals surface area (Å²) in [6.45, 7) is 0. The summed E-state index contributed by atoms with van der Waals surface area (Å²) in [6.07, 6.45) is 4.25. The monoisotopic (exact) mass is 441 g/mol. The first-order valence-corrected chi connectivity index (χ1v) is 10.5. The number of hydrogen-bond acceptors (Lipinski definition) is 7. The molecule has 0 saturated heterocycles. The van der Waals surface area contributed by atoms with Crippen LogP contribution in [0.5, 0.6) is 0 Å². The maximum Gasteiger partial charge on any atom is 0.274 e. The van der Waals surface area contributed by atoms with Crippen molar-refractivity contribution in [3.63, 3.8) is 0 Å². The van der Waals surface area contributed by atoms with Crippen molar-refractivity contribution >= 4 is 28.7 Å². The summed E-state index contributed by atoms with van der Waals surface area (Å²) in [5.41, 5.74) is 1.46. The van der Waals surface area contributed by atoms with E-state index >= 15 is 0 Å². The quantitative estimate of drug-likeness (QED) is 0.513. The molecule has 0 unspecified atom stereocenters. The van der Waals surface area contributed by atoms with E-state index in [4.69, 9.17) is 4.74 Å². The number of ether oxygens (including phenoxy) is 1. The molecule has 0 radical (unpaired) electrons. The van der Waals surface area contributed by atoms with Crippen molar-refractivity contribution in [1.29, 1.82) is 0 Å². The number of aromatic nitrogens is 4. The van der Waals surface area contributed by atoms with Gasteiger partial charge in [-0.3, -0.25) is 9.59 Å². The van der Waals surface area contributed by atoms with Crippen molar-refractivity contribution in [2.24, 2.45) is 0 Å². The van der Waals surface area contributed by atoms with Crippen LogP contribution in [0.3, 0.4) is 0 Å². The molecular weight excluding hydrogens is 417 g/mol. The molecule has 2 fully saturated rings. The molecule has 32 heavy (non-hydrogen) atoms. The van der Waals surface area contributed by atoms with E-state index in [0.717, 1.165) is 12.8 Å². The molecule has 0 aromatic carbocycles. The zero-order valence-corrected chi connectivity index (χ0v) is 17.7. The fourth-order valence-electron chi connectivity index (χ4n) is 3.91. The third kappa shape index (κ3) is 3.58. The number of amides is 1. The van der Waals surface area contributed by atoms with E-state index < -0.39 is 18.1 Å². The predicted octanol–water partition coefficient (Wildman–Crippen LogP) is 1.87. The molecule has 3 aromatic rings. The van der Waals surface area contributed by atoms with E-state index in [2.05, 4.69) is 26.0 Å². The van der Waals surface area contributed by atoms with Crippen LogP contribution in [-0.4, -0.2) is 57.5 Å². The highest BCUT2D eigenvalue weighted by molar-refractivity contribution is 5.94. The van der Waals surface area contributed by atoms with Gasteiger partial charge in [0.05, 0.1) is 24.0 Å². The number of nitrogens with zero attached hydrogens (tertiary/aromatic N) is 4. The Morgan fingerprint density at radius 2 is 2.06 bits per heavy atom. The smallest absolute Gasteiger partial charge is 0.274 e. The molecule has 0 spiro atoms. The molecule has 10 nitrogen and oxygen atoms in total. The largest absolute Gasteiger partial charge is 0.385 e. The highest BCUT2D eigenvalue weighted by Gasteiger charge is 2.39. The summed E-state index contributed by atoms with van der Waals surface area (Å²) < 4.78 is 21.6. The minimum absolute atomic E-state index is 0.100. The summed E-state index contributed by atoms with van der Waals surface area (Å²) in [4.78, 5) is 29.8. The maximum atomic E-state index is 13.2. The van der Waals surface area contributed by atoms with Crippen molar-refractivity contribution in [3.05, 3.63) is 46.6 Å². The van der Waals surface area contributed by atoms with Crippen molar-refractivity contribution in [3.8, 4) is 0 Å². The van der Waals surface area contributed by atoms with Crippen LogP contribution >= 0.6 is 0 Å². The fourth-order valence-corrected chi connectivity index (χ4v) is 3.91. The van der Waals surface area contributed by atoms with E-state index in [1.807, 2.05) is 0 Å². The second-order valence-electron chi connectivity index (χ2n) is 8.15. The van der Waals surface area contributed by atoms with Gasteiger partial charge in [0.1, 0.15) is 11.9 Å². The fraction of sp³-hybridized carbons (Fsp3) is 0.429. The standard InChI is InChI=1S/C21H24FN7O3/c1-23-16-9-18(25-14-4-3-5-28(21(14)31)11-6-12(7-11)32-2)27-29-17(10-24-19(16)29)20(30)26-15-8-13(15)22/h3-5,9-13,15,23H,6-8H2,1-2H3,(H,25,27)(H,26,30)/t11?,12?,13-,15+/m0/s1. The molecule has 168 valence electrons. The number of hydrogen-bond donors (Lipinski definition) is 3. The molecule has 2 saturated carbocycles. The average Bonchev–Trinajstić information content (AvgIpc) is 3.27. The Hall–Kier alpha value is -3.47. The summed E-state index contributed by atoms with van der Waals surface area (Å²) >= 11 is 0. The van der Waals surface area contributed by atoms with Gasteiger partial charge in [0.15, 0.2) is 17.2 Å². The molecule has 3 N–H and O–H groups in total. The number of carbonyl (C=O) groups excluding carboxylic acids is 1. The molecule has 2 atom stereocenters. The Balaban J connectivity index is 1.45. The number of halogens is 1. The second kappa shape index (κ2) is 7.90. The minimum Gasteiger partial charge on any atom is -0.385 e. The highest BCUT2D eigenvalue weighted by Crippen LogP contribution is 2.33. The van der Waals surface area contributed by atoms with E-state index in [-0.39, 0.29) is 23.4 Å².